The van der Waals surface area contributed by atoms with E-state index >= 15 is 0 Å². The van der Waals surface area contributed by atoms with Crippen LogP contribution in [0.15, 0.2) is 62.8 Å². The Morgan fingerprint density at radius 3 is 3.00 bits per heavy atom. The van der Waals surface area contributed by atoms with Crippen LogP contribution in [-0.2, 0) is 0 Å². The van der Waals surface area contributed by atoms with Crippen LogP contribution < -0.4 is 5.63 Å². The Morgan fingerprint density at radius 1 is 1.24 bits per heavy atom. The van der Waals surface area contributed by atoms with Gasteiger partial charge in [-0.05, 0) is 30.7 Å². The number of aliphatic imine (C=N–C) groups is 1. The number of benzene rings is 1. The summed E-state index contributed by atoms with van der Waals surface area (Å²) in [6.07, 6.45) is 8.11. The molecule has 1 aromatic heterocycles. The molecule has 4 rings (SSSR count). The molecule has 1 aromatic carbocycles. The highest BCUT2D eigenvalue weighted by Crippen LogP contribution is 2.41. The van der Waals surface area contributed by atoms with Crippen LogP contribution in [-0.4, -0.2) is 11.0 Å². The molecule has 2 atom stereocenters. The molecule has 21 heavy (non-hydrogen) atoms. The Bertz CT molecular complexity index is 876. The molecule has 104 valence electrons. The fourth-order valence-electron chi connectivity index (χ4n) is 2.60. The van der Waals surface area contributed by atoms with Crippen LogP contribution in [0.1, 0.15) is 16.5 Å². The summed E-state index contributed by atoms with van der Waals surface area (Å²) in [4.78, 5) is 16.9. The topological polar surface area (TPSA) is 42.6 Å². The van der Waals surface area contributed by atoms with Gasteiger partial charge in [0.15, 0.2) is 0 Å². The highest BCUT2D eigenvalue weighted by atomic mass is 32.2. The third-order valence-corrected chi connectivity index (χ3v) is 4.99. The number of fused-ring (bicyclic) bond motifs is 2. The first-order chi connectivity index (χ1) is 10.2. The van der Waals surface area contributed by atoms with Crippen LogP contribution in [0.4, 0.5) is 0 Å². The first-order valence-corrected chi connectivity index (χ1v) is 7.77. The highest BCUT2D eigenvalue weighted by molar-refractivity contribution is 8.01. The molecule has 0 saturated carbocycles. The van der Waals surface area contributed by atoms with E-state index in [4.69, 9.17) is 4.42 Å². The Balaban J connectivity index is 1.81. The van der Waals surface area contributed by atoms with E-state index < -0.39 is 0 Å². The number of rotatable bonds is 1. The summed E-state index contributed by atoms with van der Waals surface area (Å²) in [5.41, 5.74) is 3.07. The minimum atomic E-state index is -0.290. The first kappa shape index (κ1) is 12.7. The molecule has 2 unspecified atom stereocenters. The molecule has 4 heteroatoms. The van der Waals surface area contributed by atoms with E-state index in [0.717, 1.165) is 16.7 Å². The Hall–Kier alpha value is -2.07. The number of hydrogen-bond donors (Lipinski definition) is 0. The third kappa shape index (κ3) is 2.16. The monoisotopic (exact) mass is 295 g/mol. The van der Waals surface area contributed by atoms with E-state index in [1.165, 1.54) is 0 Å². The van der Waals surface area contributed by atoms with E-state index in [9.17, 15) is 4.79 Å². The van der Waals surface area contributed by atoms with Crippen LogP contribution >= 0.6 is 11.8 Å². The predicted octanol–water partition coefficient (Wildman–Crippen LogP) is 3.78. The van der Waals surface area contributed by atoms with E-state index in [-0.39, 0.29) is 16.2 Å². The maximum absolute atomic E-state index is 12.3. The molecule has 1 aliphatic carbocycles. The molecule has 0 fully saturated rings. The van der Waals surface area contributed by atoms with Crippen molar-refractivity contribution < 1.29 is 4.42 Å². The summed E-state index contributed by atoms with van der Waals surface area (Å²) in [5.74, 6) is 0. The van der Waals surface area contributed by atoms with Crippen molar-refractivity contribution in [3.8, 4) is 0 Å². The van der Waals surface area contributed by atoms with Crippen molar-refractivity contribution in [1.29, 1.82) is 0 Å². The molecule has 2 heterocycles. The maximum atomic E-state index is 12.3. The van der Waals surface area contributed by atoms with E-state index in [1.54, 1.807) is 11.8 Å². The Labute approximate surface area is 126 Å². The van der Waals surface area contributed by atoms with Gasteiger partial charge in [0, 0.05) is 5.39 Å². The summed E-state index contributed by atoms with van der Waals surface area (Å²) in [6, 6.07) is 7.80. The van der Waals surface area contributed by atoms with Gasteiger partial charge in [0.25, 0.3) is 0 Å². The molecular formula is C17H13NO2S. The van der Waals surface area contributed by atoms with Gasteiger partial charge in [0.1, 0.15) is 11.0 Å². The van der Waals surface area contributed by atoms with Gasteiger partial charge in [-0.15, -0.1) is 11.8 Å². The molecule has 2 aromatic rings. The van der Waals surface area contributed by atoms with Crippen LogP contribution in [0.2, 0.25) is 0 Å². The van der Waals surface area contributed by atoms with Crippen molar-refractivity contribution in [2.24, 2.45) is 4.99 Å². The number of hydrogen-bond acceptors (Lipinski definition) is 4. The zero-order valence-corrected chi connectivity index (χ0v) is 12.3. The van der Waals surface area contributed by atoms with Gasteiger partial charge >= 0.3 is 5.63 Å². The fraction of sp³-hybridized carbons (Fsp3) is 0.176. The lowest BCUT2D eigenvalue weighted by Crippen LogP contribution is -2.09. The van der Waals surface area contributed by atoms with Gasteiger partial charge in [-0.2, -0.15) is 0 Å². The SMILES string of the molecule is Cc1ccc2cc(C3N=C4C=CC=CC4S3)c(=O)oc2c1. The predicted molar refractivity (Wildman–Crippen MR) is 87.1 cm³/mol. The minimum absolute atomic E-state index is 0.181. The summed E-state index contributed by atoms with van der Waals surface area (Å²) in [7, 11) is 0. The van der Waals surface area contributed by atoms with Crippen LogP contribution in [0.25, 0.3) is 11.0 Å². The van der Waals surface area contributed by atoms with E-state index in [2.05, 4.69) is 11.1 Å². The van der Waals surface area contributed by atoms with Crippen LogP contribution in [0.5, 0.6) is 0 Å². The lowest BCUT2D eigenvalue weighted by atomic mass is 10.1. The average Bonchev–Trinajstić information content (AvgIpc) is 2.90. The smallest absolute Gasteiger partial charge is 0.342 e. The zero-order chi connectivity index (χ0) is 14.4. The lowest BCUT2D eigenvalue weighted by Gasteiger charge is -2.09. The van der Waals surface area contributed by atoms with Gasteiger partial charge in [-0.25, -0.2) is 4.79 Å². The van der Waals surface area contributed by atoms with Gasteiger partial charge in [-0.3, -0.25) is 4.99 Å². The van der Waals surface area contributed by atoms with Crippen molar-refractivity contribution in [2.75, 3.05) is 0 Å². The van der Waals surface area contributed by atoms with Crippen molar-refractivity contribution in [3.63, 3.8) is 0 Å². The number of nitrogens with zero attached hydrogens (tertiary/aromatic N) is 1. The third-order valence-electron chi connectivity index (χ3n) is 3.68. The molecule has 0 radical (unpaired) electrons. The normalized spacial score (nSPS) is 23.4. The van der Waals surface area contributed by atoms with Gasteiger partial charge in [-0.1, -0.05) is 30.4 Å². The van der Waals surface area contributed by atoms with Crippen molar-refractivity contribution in [1.82, 2.24) is 0 Å². The second-order valence-electron chi connectivity index (χ2n) is 5.24. The number of allylic oxidation sites excluding steroid dienone is 3. The van der Waals surface area contributed by atoms with Crippen LogP contribution in [0, 0.1) is 6.92 Å². The number of aryl methyl sites for hydroxylation is 1. The maximum Gasteiger partial charge on any atom is 0.342 e. The number of thioether (sulfide) groups is 1. The molecule has 2 aliphatic rings. The van der Waals surface area contributed by atoms with Crippen molar-refractivity contribution in [2.45, 2.75) is 17.5 Å². The van der Waals surface area contributed by atoms with Crippen molar-refractivity contribution >= 4 is 28.4 Å². The highest BCUT2D eigenvalue weighted by Gasteiger charge is 2.29. The largest absolute Gasteiger partial charge is 0.422 e. The van der Waals surface area contributed by atoms with Gasteiger partial charge < -0.3 is 4.42 Å². The molecule has 3 nitrogen and oxygen atoms in total. The molecule has 0 spiro atoms. The molecule has 0 saturated heterocycles. The lowest BCUT2D eigenvalue weighted by molar-refractivity contribution is 0.550. The van der Waals surface area contributed by atoms with Crippen LogP contribution in [0.3, 0.4) is 0 Å². The Kier molecular flexibility index (Phi) is 2.86. The fourth-order valence-corrected chi connectivity index (χ4v) is 3.83. The standard InChI is InChI=1S/C17H13NO2S/c1-10-6-7-11-9-12(17(19)20-14(11)8-10)16-18-13-4-2-3-5-15(13)21-16/h2-9,15-16H,1H3. The summed E-state index contributed by atoms with van der Waals surface area (Å²) >= 11 is 1.67. The Morgan fingerprint density at radius 2 is 2.14 bits per heavy atom. The second kappa shape index (κ2) is 4.74. The molecule has 1 aliphatic heterocycles. The first-order valence-electron chi connectivity index (χ1n) is 6.83. The summed E-state index contributed by atoms with van der Waals surface area (Å²) < 4.78 is 5.47. The summed E-state index contributed by atoms with van der Waals surface area (Å²) in [6.45, 7) is 1.98. The molecular weight excluding hydrogens is 282 g/mol. The molecule has 0 amide bonds. The van der Waals surface area contributed by atoms with E-state index in [0.29, 0.717) is 11.1 Å². The quantitative estimate of drug-likeness (QED) is 0.752. The van der Waals surface area contributed by atoms with Crippen molar-refractivity contribution in [3.05, 3.63) is 70.1 Å². The average molecular weight is 295 g/mol. The van der Waals surface area contributed by atoms with Gasteiger partial charge in [0.2, 0.25) is 0 Å². The molecule has 0 bridgehead atoms. The summed E-state index contributed by atoms with van der Waals surface area (Å²) in [5, 5.41) is 1.00. The van der Waals surface area contributed by atoms with E-state index in [1.807, 2.05) is 49.4 Å². The second-order valence-corrected chi connectivity index (χ2v) is 6.46. The molecule has 0 N–H and O–H groups in total. The van der Waals surface area contributed by atoms with Gasteiger partial charge in [0.05, 0.1) is 16.5 Å². The minimum Gasteiger partial charge on any atom is -0.422 e. The zero-order valence-electron chi connectivity index (χ0n) is 11.4.